The van der Waals surface area contributed by atoms with Gasteiger partial charge in [-0.05, 0) is 69.7 Å². The van der Waals surface area contributed by atoms with Gasteiger partial charge in [0.2, 0.25) is 11.8 Å². The number of nitrogens with two attached hydrogens (primary N) is 1. The maximum Gasteiger partial charge on any atom is 0.408 e. The molecule has 5 N–H and O–H groups in total. The van der Waals surface area contributed by atoms with Gasteiger partial charge in [0.25, 0.3) is 0 Å². The predicted octanol–water partition coefficient (Wildman–Crippen LogP) is 3.58. The summed E-state index contributed by atoms with van der Waals surface area (Å²) in [7, 11) is 0. The number of rotatable bonds is 10. The van der Waals surface area contributed by atoms with Gasteiger partial charge in [0.15, 0.2) is 0 Å². The van der Waals surface area contributed by atoms with Gasteiger partial charge in [0.05, 0.1) is 0 Å². The zero-order valence-electron chi connectivity index (χ0n) is 23.1. The van der Waals surface area contributed by atoms with Gasteiger partial charge < -0.3 is 31.2 Å². The largest absolute Gasteiger partial charge is 0.449 e. The molecule has 10 nitrogen and oxygen atoms in total. The lowest BCUT2D eigenvalue weighted by molar-refractivity contribution is -0.131. The molecule has 10 heteroatoms. The van der Waals surface area contributed by atoms with E-state index < -0.39 is 41.2 Å². The molecule has 0 bridgehead atoms. The number of fused-ring (bicyclic) bond motifs is 3. The first-order valence-electron chi connectivity index (χ1n) is 13.0. The van der Waals surface area contributed by atoms with E-state index in [4.69, 9.17) is 15.2 Å². The highest BCUT2D eigenvalue weighted by Gasteiger charge is 2.32. The molecule has 2 aromatic rings. The van der Waals surface area contributed by atoms with Gasteiger partial charge in [-0.3, -0.25) is 9.59 Å². The van der Waals surface area contributed by atoms with Gasteiger partial charge in [0.1, 0.15) is 23.8 Å². The summed E-state index contributed by atoms with van der Waals surface area (Å²) in [6, 6.07) is 15.1. The van der Waals surface area contributed by atoms with Crippen molar-refractivity contribution in [1.82, 2.24) is 16.0 Å². The molecule has 39 heavy (non-hydrogen) atoms. The maximum absolute atomic E-state index is 12.8. The molecule has 0 fully saturated rings. The van der Waals surface area contributed by atoms with Gasteiger partial charge >= 0.3 is 12.2 Å². The van der Waals surface area contributed by atoms with E-state index in [1.54, 1.807) is 20.8 Å². The summed E-state index contributed by atoms with van der Waals surface area (Å²) in [5.74, 6) is -1.36. The summed E-state index contributed by atoms with van der Waals surface area (Å²) in [4.78, 5) is 49.2. The van der Waals surface area contributed by atoms with Crippen molar-refractivity contribution in [3.8, 4) is 11.1 Å². The number of carbonyl (C=O) groups is 4. The van der Waals surface area contributed by atoms with E-state index in [1.807, 2.05) is 36.4 Å². The van der Waals surface area contributed by atoms with Crippen molar-refractivity contribution >= 4 is 24.0 Å². The SMILES string of the molecule is CC(C)(C)OC(=O)N[C@H](CCCNC(=O)OCC1c2ccccc2-c2ccccc21)C(=O)NC(C)(C)C(N)=O. The van der Waals surface area contributed by atoms with E-state index in [2.05, 4.69) is 28.1 Å². The Balaban J connectivity index is 1.53. The Morgan fingerprint density at radius 2 is 1.46 bits per heavy atom. The summed E-state index contributed by atoms with van der Waals surface area (Å²) in [5.41, 5.74) is 7.80. The van der Waals surface area contributed by atoms with Crippen molar-refractivity contribution in [3.05, 3.63) is 59.7 Å². The summed E-state index contributed by atoms with van der Waals surface area (Å²) >= 11 is 0. The molecular weight excluding hydrogens is 500 g/mol. The first-order chi connectivity index (χ1) is 18.3. The van der Waals surface area contributed by atoms with Crippen molar-refractivity contribution in [3.63, 3.8) is 0 Å². The van der Waals surface area contributed by atoms with Crippen LogP contribution in [0, 0.1) is 0 Å². The lowest BCUT2D eigenvalue weighted by Gasteiger charge is -2.27. The van der Waals surface area contributed by atoms with Gasteiger partial charge in [-0.15, -0.1) is 0 Å². The number of amides is 4. The van der Waals surface area contributed by atoms with Crippen LogP contribution in [0.2, 0.25) is 0 Å². The van der Waals surface area contributed by atoms with E-state index in [-0.39, 0.29) is 25.5 Å². The van der Waals surface area contributed by atoms with Crippen molar-refractivity contribution in [2.45, 2.75) is 70.6 Å². The normalized spacial score (nSPS) is 13.5. The molecule has 0 saturated carbocycles. The van der Waals surface area contributed by atoms with E-state index in [0.717, 1.165) is 22.3 Å². The van der Waals surface area contributed by atoms with Gasteiger partial charge in [-0.25, -0.2) is 9.59 Å². The Morgan fingerprint density at radius 3 is 2.00 bits per heavy atom. The third-order valence-corrected chi connectivity index (χ3v) is 6.34. The van der Waals surface area contributed by atoms with Crippen LogP contribution in [0.3, 0.4) is 0 Å². The minimum Gasteiger partial charge on any atom is -0.449 e. The number of benzene rings is 2. The smallest absolute Gasteiger partial charge is 0.408 e. The highest BCUT2D eigenvalue weighted by atomic mass is 16.6. The lowest BCUT2D eigenvalue weighted by Crippen LogP contribution is -2.58. The molecule has 2 aromatic carbocycles. The highest BCUT2D eigenvalue weighted by Crippen LogP contribution is 2.44. The Labute approximate surface area is 229 Å². The Kier molecular flexibility index (Phi) is 9.21. The van der Waals surface area contributed by atoms with Crippen molar-refractivity contribution < 1.29 is 28.7 Å². The van der Waals surface area contributed by atoms with Crippen LogP contribution < -0.4 is 21.7 Å². The average molecular weight is 539 g/mol. The molecule has 1 atom stereocenters. The fourth-order valence-corrected chi connectivity index (χ4v) is 4.32. The minimum absolute atomic E-state index is 0.0529. The molecule has 1 aliphatic rings. The van der Waals surface area contributed by atoms with E-state index >= 15 is 0 Å². The third-order valence-electron chi connectivity index (χ3n) is 6.34. The molecule has 0 aromatic heterocycles. The Hall–Kier alpha value is -4.08. The average Bonchev–Trinajstić information content (AvgIpc) is 3.16. The molecule has 0 radical (unpaired) electrons. The molecular formula is C29H38N4O6. The molecule has 0 aliphatic heterocycles. The molecule has 210 valence electrons. The van der Waals surface area contributed by atoms with Gasteiger partial charge in [-0.2, -0.15) is 0 Å². The number of hydrogen-bond acceptors (Lipinski definition) is 6. The van der Waals surface area contributed by atoms with Crippen molar-refractivity contribution in [1.29, 1.82) is 0 Å². The quantitative estimate of drug-likeness (QED) is 0.340. The number of ether oxygens (including phenoxy) is 2. The van der Waals surface area contributed by atoms with Crippen LogP contribution in [-0.2, 0) is 19.1 Å². The highest BCUT2D eigenvalue weighted by molar-refractivity contribution is 5.92. The fourth-order valence-electron chi connectivity index (χ4n) is 4.32. The van der Waals surface area contributed by atoms with Gasteiger partial charge in [0, 0.05) is 12.5 Å². The number of alkyl carbamates (subject to hydrolysis) is 2. The first kappa shape index (κ1) is 29.5. The Bertz CT molecular complexity index is 1170. The second-order valence-electron chi connectivity index (χ2n) is 11.1. The molecule has 0 saturated heterocycles. The predicted molar refractivity (Wildman–Crippen MR) is 147 cm³/mol. The minimum atomic E-state index is -1.32. The Morgan fingerprint density at radius 1 is 0.897 bits per heavy atom. The van der Waals surface area contributed by atoms with Crippen LogP contribution in [0.5, 0.6) is 0 Å². The lowest BCUT2D eigenvalue weighted by atomic mass is 9.98. The van der Waals surface area contributed by atoms with Crippen LogP contribution in [0.1, 0.15) is 64.5 Å². The number of primary amides is 1. The van der Waals surface area contributed by atoms with Crippen LogP contribution in [0.4, 0.5) is 9.59 Å². The monoisotopic (exact) mass is 538 g/mol. The number of nitrogens with one attached hydrogen (secondary N) is 3. The van der Waals surface area contributed by atoms with Crippen molar-refractivity contribution in [2.24, 2.45) is 5.73 Å². The fraction of sp³-hybridized carbons (Fsp3) is 0.448. The molecule has 4 amide bonds. The summed E-state index contributed by atoms with van der Waals surface area (Å²) < 4.78 is 10.8. The molecule has 0 spiro atoms. The zero-order chi connectivity index (χ0) is 28.8. The van der Waals surface area contributed by atoms with Crippen LogP contribution in [-0.4, -0.2) is 54.3 Å². The maximum atomic E-state index is 12.8. The molecule has 1 aliphatic carbocycles. The first-order valence-corrected chi connectivity index (χ1v) is 13.0. The summed E-state index contributed by atoms with van der Waals surface area (Å²) in [6.07, 6.45) is -0.838. The van der Waals surface area contributed by atoms with Crippen molar-refractivity contribution in [2.75, 3.05) is 13.2 Å². The standard InChI is InChI=1S/C29H38N4O6/c1-28(2,3)39-27(37)32-23(24(34)33-29(4,5)25(30)35)15-10-16-31-26(36)38-17-22-20-13-8-6-11-18(20)19-12-7-9-14-21(19)22/h6-9,11-14,22-23H,10,15-17H2,1-5H3,(H2,30,35)(H,31,36)(H,32,37)(H,33,34)/t23-/m1/s1. The van der Waals surface area contributed by atoms with E-state index in [9.17, 15) is 19.2 Å². The third kappa shape index (κ3) is 7.95. The number of hydrogen-bond donors (Lipinski definition) is 4. The second kappa shape index (κ2) is 12.2. The zero-order valence-corrected chi connectivity index (χ0v) is 23.1. The topological polar surface area (TPSA) is 149 Å². The molecule has 0 unspecified atom stereocenters. The second-order valence-corrected chi connectivity index (χ2v) is 11.1. The summed E-state index contributed by atoms with van der Waals surface area (Å²) in [5, 5.41) is 7.78. The molecule has 0 heterocycles. The van der Waals surface area contributed by atoms with Crippen LogP contribution in [0.25, 0.3) is 11.1 Å². The van der Waals surface area contributed by atoms with Gasteiger partial charge in [-0.1, -0.05) is 48.5 Å². The van der Waals surface area contributed by atoms with E-state index in [1.165, 1.54) is 13.8 Å². The number of carbonyl (C=O) groups excluding carboxylic acids is 4. The summed E-state index contributed by atoms with van der Waals surface area (Å²) in [6.45, 7) is 8.44. The van der Waals surface area contributed by atoms with E-state index in [0.29, 0.717) is 6.42 Å². The van der Waals surface area contributed by atoms with Crippen LogP contribution >= 0.6 is 0 Å². The van der Waals surface area contributed by atoms with Crippen LogP contribution in [0.15, 0.2) is 48.5 Å². The molecule has 3 rings (SSSR count).